The lowest BCUT2D eigenvalue weighted by atomic mass is 10.2. The van der Waals surface area contributed by atoms with E-state index in [0.29, 0.717) is 42.0 Å². The number of carbonyl (C=O) groups is 1. The lowest BCUT2D eigenvalue weighted by Gasteiger charge is -2.23. The van der Waals surface area contributed by atoms with Crippen molar-refractivity contribution in [3.8, 4) is 0 Å². The van der Waals surface area contributed by atoms with Crippen LogP contribution in [-0.2, 0) is 14.8 Å². The van der Waals surface area contributed by atoms with Gasteiger partial charge in [-0.2, -0.15) is 4.31 Å². The van der Waals surface area contributed by atoms with Gasteiger partial charge >= 0.3 is 0 Å². The van der Waals surface area contributed by atoms with E-state index in [4.69, 9.17) is 16.3 Å². The summed E-state index contributed by atoms with van der Waals surface area (Å²) in [6.07, 6.45) is 3.54. The first-order chi connectivity index (χ1) is 15.9. The fourth-order valence-corrected chi connectivity index (χ4v) is 7.01. The number of sulfonamides is 1. The Morgan fingerprint density at radius 1 is 1.15 bits per heavy atom. The van der Waals surface area contributed by atoms with Gasteiger partial charge in [0, 0.05) is 30.3 Å². The second-order valence-corrected chi connectivity index (χ2v) is 11.7. The van der Waals surface area contributed by atoms with Gasteiger partial charge in [-0.25, -0.2) is 13.4 Å². The molecule has 2 aliphatic rings. The largest absolute Gasteiger partial charge is 0.376 e. The number of rotatable bonds is 6. The zero-order valence-corrected chi connectivity index (χ0v) is 20.3. The van der Waals surface area contributed by atoms with E-state index in [-0.39, 0.29) is 16.9 Å². The molecule has 3 heterocycles. The normalized spacial score (nSPS) is 19.4. The molecule has 2 saturated heterocycles. The van der Waals surface area contributed by atoms with Crippen LogP contribution in [0.15, 0.2) is 47.4 Å². The molecule has 2 aliphatic heterocycles. The maximum absolute atomic E-state index is 13.5. The smallest absolute Gasteiger partial charge is 0.260 e. The summed E-state index contributed by atoms with van der Waals surface area (Å²) in [5.41, 5.74) is 1.18. The second-order valence-electron chi connectivity index (χ2n) is 8.29. The molecular formula is C23H24ClN3O4S2. The number of nitrogens with zero attached hydrogens (tertiary/aromatic N) is 3. The second kappa shape index (κ2) is 9.31. The Morgan fingerprint density at radius 3 is 2.61 bits per heavy atom. The molecule has 3 aromatic rings. The lowest BCUT2D eigenvalue weighted by Crippen LogP contribution is -2.37. The van der Waals surface area contributed by atoms with Crippen molar-refractivity contribution in [3.05, 3.63) is 53.1 Å². The van der Waals surface area contributed by atoms with E-state index in [1.807, 2.05) is 12.1 Å². The van der Waals surface area contributed by atoms with Crippen LogP contribution in [-0.4, -0.2) is 56.0 Å². The lowest BCUT2D eigenvalue weighted by molar-refractivity contribution is 0.0917. The average molecular weight is 506 g/mol. The molecule has 7 nitrogen and oxygen atoms in total. The molecule has 1 unspecified atom stereocenters. The summed E-state index contributed by atoms with van der Waals surface area (Å²) in [5, 5.41) is 1.19. The summed E-state index contributed by atoms with van der Waals surface area (Å²) in [4.78, 5) is 20.1. The van der Waals surface area contributed by atoms with Crippen molar-refractivity contribution < 1.29 is 17.9 Å². The van der Waals surface area contributed by atoms with Gasteiger partial charge in [0.05, 0.1) is 27.8 Å². The highest BCUT2D eigenvalue weighted by Crippen LogP contribution is 2.32. The first-order valence-electron chi connectivity index (χ1n) is 11.0. The highest BCUT2D eigenvalue weighted by molar-refractivity contribution is 7.89. The number of aromatic nitrogens is 1. The van der Waals surface area contributed by atoms with Crippen LogP contribution in [0.3, 0.4) is 0 Å². The predicted molar refractivity (Wildman–Crippen MR) is 130 cm³/mol. The number of hydrogen-bond donors (Lipinski definition) is 0. The molecule has 33 heavy (non-hydrogen) atoms. The third kappa shape index (κ3) is 4.65. The van der Waals surface area contributed by atoms with Crippen molar-refractivity contribution in [3.63, 3.8) is 0 Å². The molecular weight excluding hydrogens is 482 g/mol. The zero-order chi connectivity index (χ0) is 23.0. The SMILES string of the molecule is O=C(c1ccc(S(=O)(=O)N2CCCC2)cc1)N(CC1CCCO1)c1nc2ccc(Cl)cc2s1. The summed E-state index contributed by atoms with van der Waals surface area (Å²) in [6.45, 7) is 2.16. The number of ether oxygens (including phenoxy) is 1. The molecule has 2 fully saturated rings. The molecule has 1 atom stereocenters. The zero-order valence-electron chi connectivity index (χ0n) is 17.9. The highest BCUT2D eigenvalue weighted by atomic mass is 35.5. The maximum atomic E-state index is 13.5. The molecule has 5 rings (SSSR count). The Hall–Kier alpha value is -2.04. The van der Waals surface area contributed by atoms with Crippen molar-refractivity contribution >= 4 is 54.2 Å². The van der Waals surface area contributed by atoms with Crippen LogP contribution in [0.5, 0.6) is 0 Å². The Bertz CT molecular complexity index is 1260. The van der Waals surface area contributed by atoms with Gasteiger partial charge in [-0.05, 0) is 68.1 Å². The number of hydrogen-bond acceptors (Lipinski definition) is 6. The number of anilines is 1. The fraction of sp³-hybridized carbons (Fsp3) is 0.391. The van der Waals surface area contributed by atoms with Crippen LogP contribution >= 0.6 is 22.9 Å². The summed E-state index contributed by atoms with van der Waals surface area (Å²) >= 11 is 7.53. The van der Waals surface area contributed by atoms with Crippen LogP contribution in [0.2, 0.25) is 5.02 Å². The van der Waals surface area contributed by atoms with E-state index in [0.717, 1.165) is 35.9 Å². The van der Waals surface area contributed by atoms with Gasteiger partial charge in [0.15, 0.2) is 5.13 Å². The van der Waals surface area contributed by atoms with Crippen molar-refractivity contribution in [1.29, 1.82) is 0 Å². The summed E-state index contributed by atoms with van der Waals surface area (Å²) in [7, 11) is -3.53. The molecule has 10 heteroatoms. The quantitative estimate of drug-likeness (QED) is 0.490. The Labute approximate surface area is 202 Å². The molecule has 0 radical (unpaired) electrons. The number of thiazole rings is 1. The molecule has 0 aliphatic carbocycles. The Morgan fingerprint density at radius 2 is 1.91 bits per heavy atom. The van der Waals surface area contributed by atoms with Gasteiger partial charge in [-0.3, -0.25) is 9.69 Å². The van der Waals surface area contributed by atoms with Gasteiger partial charge < -0.3 is 4.74 Å². The van der Waals surface area contributed by atoms with Gasteiger partial charge in [-0.15, -0.1) is 0 Å². The van der Waals surface area contributed by atoms with Crippen LogP contribution in [0.1, 0.15) is 36.0 Å². The highest BCUT2D eigenvalue weighted by Gasteiger charge is 2.29. The van der Waals surface area contributed by atoms with Crippen LogP contribution in [0, 0.1) is 0 Å². The summed E-state index contributed by atoms with van der Waals surface area (Å²) < 4.78 is 33.8. The van der Waals surface area contributed by atoms with Gasteiger partial charge in [0.2, 0.25) is 10.0 Å². The van der Waals surface area contributed by atoms with E-state index < -0.39 is 10.0 Å². The number of carbonyl (C=O) groups excluding carboxylic acids is 1. The molecule has 0 spiro atoms. The monoisotopic (exact) mass is 505 g/mol. The third-order valence-corrected chi connectivity index (χ3v) is 9.22. The molecule has 1 amide bonds. The molecule has 174 valence electrons. The van der Waals surface area contributed by atoms with Gasteiger partial charge in [0.1, 0.15) is 0 Å². The summed E-state index contributed by atoms with van der Waals surface area (Å²) in [6, 6.07) is 11.6. The Balaban J connectivity index is 1.44. The molecule has 0 saturated carbocycles. The number of benzene rings is 2. The number of halogens is 1. The molecule has 2 aromatic carbocycles. The Kier molecular flexibility index (Phi) is 6.41. The predicted octanol–water partition coefficient (Wildman–Crippen LogP) is 4.56. The van der Waals surface area contributed by atoms with Crippen molar-refractivity contribution in [2.75, 3.05) is 31.1 Å². The fourth-order valence-electron chi connectivity index (χ4n) is 4.24. The molecule has 1 aromatic heterocycles. The van der Waals surface area contributed by atoms with Crippen LogP contribution in [0.4, 0.5) is 5.13 Å². The van der Waals surface area contributed by atoms with Crippen molar-refractivity contribution in [2.24, 2.45) is 0 Å². The van der Waals surface area contributed by atoms with Crippen LogP contribution < -0.4 is 4.90 Å². The third-order valence-electron chi connectivity index (χ3n) is 6.03. The van der Waals surface area contributed by atoms with Crippen molar-refractivity contribution in [2.45, 2.75) is 36.7 Å². The average Bonchev–Trinajstić information content (AvgIpc) is 3.58. The van der Waals surface area contributed by atoms with E-state index in [9.17, 15) is 13.2 Å². The maximum Gasteiger partial charge on any atom is 0.260 e. The molecule has 0 N–H and O–H groups in total. The minimum absolute atomic E-state index is 0.0561. The van der Waals surface area contributed by atoms with Gasteiger partial charge in [-0.1, -0.05) is 22.9 Å². The topological polar surface area (TPSA) is 79.8 Å². The minimum Gasteiger partial charge on any atom is -0.376 e. The summed E-state index contributed by atoms with van der Waals surface area (Å²) in [5.74, 6) is -0.235. The number of fused-ring (bicyclic) bond motifs is 1. The molecule has 0 bridgehead atoms. The van der Waals surface area contributed by atoms with Gasteiger partial charge in [0.25, 0.3) is 5.91 Å². The standard InChI is InChI=1S/C23H24ClN3O4S2/c24-17-7-10-20-21(14-17)32-23(25-20)27(15-18-4-3-13-31-18)22(28)16-5-8-19(9-6-16)33(29,30)26-11-1-2-12-26/h5-10,14,18H,1-4,11-13,15H2. The van der Waals surface area contributed by atoms with E-state index in [2.05, 4.69) is 4.98 Å². The van der Waals surface area contributed by atoms with E-state index in [1.165, 1.54) is 27.8 Å². The van der Waals surface area contributed by atoms with E-state index >= 15 is 0 Å². The first-order valence-corrected chi connectivity index (χ1v) is 13.6. The first kappa shape index (κ1) is 22.7. The number of amides is 1. The van der Waals surface area contributed by atoms with Crippen LogP contribution in [0.25, 0.3) is 10.2 Å². The van der Waals surface area contributed by atoms with E-state index in [1.54, 1.807) is 23.1 Å². The van der Waals surface area contributed by atoms with Crippen molar-refractivity contribution in [1.82, 2.24) is 9.29 Å². The minimum atomic E-state index is -3.53.